The third kappa shape index (κ3) is 6.72. The smallest absolute Gasteiger partial charge is 0.257 e. The molecule has 2 aromatic carbocycles. The highest BCUT2D eigenvalue weighted by Gasteiger charge is 2.11. The number of carbonyl (C=O) groups is 2. The minimum atomic E-state index is -0.217. The van der Waals surface area contributed by atoms with Gasteiger partial charge in [0.15, 0.2) is 0 Å². The lowest BCUT2D eigenvalue weighted by molar-refractivity contribution is 0.101. The van der Waals surface area contributed by atoms with Crippen LogP contribution in [0.4, 0.5) is 10.3 Å². The molecular formula is C22H20N6O3S2. The second-order valence-electron chi connectivity index (χ2n) is 6.75. The van der Waals surface area contributed by atoms with Gasteiger partial charge in [-0.2, -0.15) is 0 Å². The SMILES string of the molecule is O=C(Nc1nnc(CCOCCc2nnc(NC(=O)c3ccccc3)s2)s1)c1ccccc1. The van der Waals surface area contributed by atoms with Gasteiger partial charge in [0.1, 0.15) is 10.0 Å². The van der Waals surface area contributed by atoms with Crippen LogP contribution in [-0.4, -0.2) is 45.4 Å². The molecule has 168 valence electrons. The summed E-state index contributed by atoms with van der Waals surface area (Å²) in [6.07, 6.45) is 1.18. The van der Waals surface area contributed by atoms with Gasteiger partial charge in [-0.1, -0.05) is 59.1 Å². The maximum atomic E-state index is 12.2. The van der Waals surface area contributed by atoms with Crippen molar-refractivity contribution in [2.75, 3.05) is 23.8 Å². The zero-order valence-electron chi connectivity index (χ0n) is 17.4. The maximum absolute atomic E-state index is 12.2. The van der Waals surface area contributed by atoms with Gasteiger partial charge in [0.05, 0.1) is 13.2 Å². The fraction of sp³-hybridized carbons (Fsp3) is 0.182. The molecule has 11 heteroatoms. The van der Waals surface area contributed by atoms with Gasteiger partial charge in [0.2, 0.25) is 10.3 Å². The summed E-state index contributed by atoms with van der Waals surface area (Å²) in [7, 11) is 0. The summed E-state index contributed by atoms with van der Waals surface area (Å²) in [5.74, 6) is -0.433. The Morgan fingerprint density at radius 2 is 1.09 bits per heavy atom. The molecule has 2 amide bonds. The van der Waals surface area contributed by atoms with E-state index in [0.717, 1.165) is 10.0 Å². The molecule has 0 aliphatic rings. The quantitative estimate of drug-likeness (QED) is 0.332. The van der Waals surface area contributed by atoms with Crippen molar-refractivity contribution >= 4 is 44.8 Å². The molecule has 0 radical (unpaired) electrons. The third-order valence-electron chi connectivity index (χ3n) is 4.37. The summed E-state index contributed by atoms with van der Waals surface area (Å²) in [4.78, 5) is 24.3. The number of nitrogens with one attached hydrogen (secondary N) is 2. The summed E-state index contributed by atoms with van der Waals surface area (Å²) in [5, 5.41) is 24.2. The summed E-state index contributed by atoms with van der Waals surface area (Å²) in [6, 6.07) is 17.9. The molecule has 4 rings (SSSR count). The number of nitrogens with zero attached hydrogens (tertiary/aromatic N) is 4. The number of anilines is 2. The number of hydrogen-bond acceptors (Lipinski definition) is 9. The first-order valence-electron chi connectivity index (χ1n) is 10.1. The van der Waals surface area contributed by atoms with Crippen molar-refractivity contribution in [3.05, 3.63) is 81.8 Å². The van der Waals surface area contributed by atoms with Gasteiger partial charge in [-0.25, -0.2) is 0 Å². The Morgan fingerprint density at radius 3 is 1.52 bits per heavy atom. The number of aromatic nitrogens is 4. The van der Waals surface area contributed by atoms with Crippen molar-refractivity contribution in [3.63, 3.8) is 0 Å². The zero-order chi connectivity index (χ0) is 22.9. The summed E-state index contributed by atoms with van der Waals surface area (Å²) >= 11 is 2.65. The standard InChI is InChI=1S/C22H20N6O3S2/c29-19(15-7-3-1-4-8-15)23-21-27-25-17(32-21)11-13-31-14-12-18-26-28-22(33-18)24-20(30)16-9-5-2-6-10-16/h1-10H,11-14H2,(H,23,27,29)(H,24,28,30). The predicted octanol–water partition coefficient (Wildman–Crippen LogP) is 3.70. The van der Waals surface area contributed by atoms with Crippen molar-refractivity contribution in [1.29, 1.82) is 0 Å². The molecule has 2 heterocycles. The van der Waals surface area contributed by atoms with Crippen molar-refractivity contribution in [2.45, 2.75) is 12.8 Å². The molecule has 33 heavy (non-hydrogen) atoms. The highest BCUT2D eigenvalue weighted by molar-refractivity contribution is 7.15. The average molecular weight is 481 g/mol. The second-order valence-corrected chi connectivity index (χ2v) is 8.88. The van der Waals surface area contributed by atoms with Crippen molar-refractivity contribution in [2.24, 2.45) is 0 Å². The lowest BCUT2D eigenvalue weighted by Gasteiger charge is -2.01. The van der Waals surface area contributed by atoms with Gasteiger partial charge < -0.3 is 4.74 Å². The van der Waals surface area contributed by atoms with Crippen molar-refractivity contribution < 1.29 is 14.3 Å². The molecule has 2 N–H and O–H groups in total. The number of carbonyl (C=O) groups excluding carboxylic acids is 2. The van der Waals surface area contributed by atoms with Crippen LogP contribution >= 0.6 is 22.7 Å². The van der Waals surface area contributed by atoms with E-state index in [1.807, 2.05) is 12.1 Å². The fourth-order valence-electron chi connectivity index (χ4n) is 2.75. The van der Waals surface area contributed by atoms with E-state index < -0.39 is 0 Å². The number of amides is 2. The molecule has 0 fully saturated rings. The molecule has 4 aromatic rings. The minimum absolute atomic E-state index is 0.217. The number of hydrogen-bond donors (Lipinski definition) is 2. The Morgan fingerprint density at radius 1 is 0.667 bits per heavy atom. The lowest BCUT2D eigenvalue weighted by atomic mass is 10.2. The third-order valence-corrected chi connectivity index (χ3v) is 6.16. The van der Waals surface area contributed by atoms with Gasteiger partial charge in [0.25, 0.3) is 11.8 Å². The molecule has 0 aliphatic heterocycles. The minimum Gasteiger partial charge on any atom is -0.381 e. The van der Waals surface area contributed by atoms with Crippen LogP contribution < -0.4 is 10.6 Å². The Bertz CT molecular complexity index is 1100. The molecule has 0 unspecified atom stereocenters. The Balaban J connectivity index is 1.15. The molecule has 0 saturated carbocycles. The van der Waals surface area contributed by atoms with E-state index in [4.69, 9.17) is 4.74 Å². The van der Waals surface area contributed by atoms with Crippen LogP contribution in [0.3, 0.4) is 0 Å². The number of ether oxygens (including phenoxy) is 1. The van der Waals surface area contributed by atoms with Gasteiger partial charge in [0, 0.05) is 24.0 Å². The molecule has 0 aliphatic carbocycles. The largest absolute Gasteiger partial charge is 0.381 e. The van der Waals surface area contributed by atoms with Crippen LogP contribution in [0.25, 0.3) is 0 Å². The topological polar surface area (TPSA) is 119 Å². The van der Waals surface area contributed by atoms with Crippen LogP contribution in [0.2, 0.25) is 0 Å². The van der Waals surface area contributed by atoms with Crippen LogP contribution in [-0.2, 0) is 17.6 Å². The molecule has 2 aromatic heterocycles. The first-order valence-corrected chi connectivity index (χ1v) is 11.8. The monoisotopic (exact) mass is 480 g/mol. The molecule has 0 saturated heterocycles. The van der Waals surface area contributed by atoms with Crippen LogP contribution in [0.1, 0.15) is 30.7 Å². The molecule has 9 nitrogen and oxygen atoms in total. The fourth-order valence-corrected chi connectivity index (χ4v) is 4.18. The summed E-state index contributed by atoms with van der Waals surface area (Å²) in [5.41, 5.74) is 1.13. The van der Waals surface area contributed by atoms with Crippen molar-refractivity contribution in [3.8, 4) is 0 Å². The molecule has 0 atom stereocenters. The first-order chi connectivity index (χ1) is 16.2. The van der Waals surface area contributed by atoms with Gasteiger partial charge in [-0.3, -0.25) is 20.2 Å². The average Bonchev–Trinajstić information content (AvgIpc) is 3.49. The molecular weight excluding hydrogens is 460 g/mol. The molecule has 0 spiro atoms. The van der Waals surface area contributed by atoms with Gasteiger partial charge >= 0.3 is 0 Å². The molecule has 0 bridgehead atoms. The zero-order valence-corrected chi connectivity index (χ0v) is 19.1. The van der Waals surface area contributed by atoms with Gasteiger partial charge in [-0.15, -0.1) is 20.4 Å². The van der Waals surface area contributed by atoms with Crippen LogP contribution in [0.15, 0.2) is 60.7 Å². The number of rotatable bonds is 10. The normalized spacial score (nSPS) is 10.7. The van der Waals surface area contributed by atoms with E-state index in [-0.39, 0.29) is 11.8 Å². The first kappa shape index (κ1) is 22.6. The number of benzene rings is 2. The summed E-state index contributed by atoms with van der Waals surface area (Å²) in [6.45, 7) is 0.940. The lowest BCUT2D eigenvalue weighted by Crippen LogP contribution is -2.11. The highest BCUT2D eigenvalue weighted by atomic mass is 32.1. The Kier molecular flexibility index (Phi) is 7.80. The Hall–Kier alpha value is -3.54. The van der Waals surface area contributed by atoms with E-state index in [1.165, 1.54) is 22.7 Å². The Labute approximate surface area is 197 Å². The van der Waals surface area contributed by atoms with E-state index in [9.17, 15) is 9.59 Å². The van der Waals surface area contributed by atoms with Crippen LogP contribution in [0, 0.1) is 0 Å². The second kappa shape index (κ2) is 11.4. The summed E-state index contributed by atoms with van der Waals surface area (Å²) < 4.78 is 5.66. The highest BCUT2D eigenvalue weighted by Crippen LogP contribution is 2.18. The maximum Gasteiger partial charge on any atom is 0.257 e. The van der Waals surface area contributed by atoms with Crippen molar-refractivity contribution in [1.82, 2.24) is 20.4 Å². The van der Waals surface area contributed by atoms with E-state index in [1.54, 1.807) is 48.5 Å². The van der Waals surface area contributed by atoms with E-state index >= 15 is 0 Å². The van der Waals surface area contributed by atoms with Crippen LogP contribution in [0.5, 0.6) is 0 Å². The van der Waals surface area contributed by atoms with Gasteiger partial charge in [-0.05, 0) is 24.3 Å². The van der Waals surface area contributed by atoms with E-state index in [2.05, 4.69) is 31.0 Å². The predicted molar refractivity (Wildman–Crippen MR) is 127 cm³/mol. The van der Waals surface area contributed by atoms with E-state index in [0.29, 0.717) is 47.4 Å².